The Kier molecular flexibility index (Phi) is 3.51. The van der Waals surface area contributed by atoms with Gasteiger partial charge in [-0.15, -0.1) is 0 Å². The Hall–Kier alpha value is -1.79. The lowest BCUT2D eigenvalue weighted by molar-refractivity contribution is 0.202. The van der Waals surface area contributed by atoms with Crippen molar-refractivity contribution in [3.8, 4) is 0 Å². The van der Waals surface area contributed by atoms with Gasteiger partial charge in [-0.1, -0.05) is 11.6 Å². The van der Waals surface area contributed by atoms with Gasteiger partial charge in [0.2, 0.25) is 0 Å². The smallest absolute Gasteiger partial charge is 0.276 e. The Morgan fingerprint density at radius 2 is 2.08 bits per heavy atom. The molecule has 4 heterocycles. The van der Waals surface area contributed by atoms with Crippen molar-refractivity contribution in [2.45, 2.75) is 25.9 Å². The fourth-order valence-electron chi connectivity index (χ4n) is 3.89. The molecule has 2 aliphatic heterocycles. The summed E-state index contributed by atoms with van der Waals surface area (Å²) < 4.78 is 1.64. The number of anilines is 2. The number of aromatic nitrogens is 2. The van der Waals surface area contributed by atoms with E-state index in [1.807, 2.05) is 13.1 Å². The van der Waals surface area contributed by atoms with Gasteiger partial charge in [-0.2, -0.15) is 0 Å². The molecule has 128 valence electrons. The predicted molar refractivity (Wildman–Crippen MR) is 98.4 cm³/mol. The molecule has 0 aromatic carbocycles. The molecule has 0 aliphatic carbocycles. The average Bonchev–Trinajstić information content (AvgIpc) is 2.55. The van der Waals surface area contributed by atoms with Crippen LogP contribution in [0.4, 0.5) is 11.4 Å². The lowest BCUT2D eigenvalue weighted by Gasteiger charge is -2.48. The van der Waals surface area contributed by atoms with Gasteiger partial charge in [0.1, 0.15) is 5.69 Å². The molecule has 2 aliphatic rings. The first-order chi connectivity index (χ1) is 11.4. The quantitative estimate of drug-likeness (QED) is 0.788. The molecule has 2 aromatic rings. The molecular formula is C17H22ClN5O. The highest BCUT2D eigenvalue weighted by Crippen LogP contribution is 2.39. The Labute approximate surface area is 146 Å². The zero-order valence-corrected chi connectivity index (χ0v) is 15.2. The lowest BCUT2D eigenvalue weighted by Crippen LogP contribution is -2.60. The van der Waals surface area contributed by atoms with Crippen LogP contribution in [0, 0.1) is 6.92 Å². The highest BCUT2D eigenvalue weighted by atomic mass is 35.5. The summed E-state index contributed by atoms with van der Waals surface area (Å²) in [5, 5.41) is 4.86. The van der Waals surface area contributed by atoms with Gasteiger partial charge in [0.15, 0.2) is 0 Å². The Balaban J connectivity index is 2.03. The van der Waals surface area contributed by atoms with Gasteiger partial charge < -0.3 is 14.8 Å². The van der Waals surface area contributed by atoms with E-state index in [-0.39, 0.29) is 5.56 Å². The van der Waals surface area contributed by atoms with Crippen LogP contribution in [0.5, 0.6) is 0 Å². The predicted octanol–water partition coefficient (Wildman–Crippen LogP) is 1.83. The summed E-state index contributed by atoms with van der Waals surface area (Å²) in [7, 11) is 3.93. The maximum Gasteiger partial charge on any atom is 0.276 e. The minimum absolute atomic E-state index is 0.0324. The molecule has 24 heavy (non-hydrogen) atoms. The van der Waals surface area contributed by atoms with E-state index in [1.54, 1.807) is 11.6 Å². The maximum absolute atomic E-state index is 12.9. The van der Waals surface area contributed by atoms with Crippen LogP contribution in [0.25, 0.3) is 10.9 Å². The third-order valence-electron chi connectivity index (χ3n) is 5.47. The van der Waals surface area contributed by atoms with Gasteiger partial charge in [-0.05, 0) is 20.9 Å². The normalized spacial score (nSPS) is 23.8. The minimum atomic E-state index is -0.0324. The molecule has 7 heteroatoms. The first kappa shape index (κ1) is 15.7. The van der Waals surface area contributed by atoms with Crippen molar-refractivity contribution in [2.24, 2.45) is 7.05 Å². The summed E-state index contributed by atoms with van der Waals surface area (Å²) in [5.74, 6) is 0. The number of rotatable bonds is 0. The molecule has 0 amide bonds. The molecule has 1 fully saturated rings. The van der Waals surface area contributed by atoms with Gasteiger partial charge in [0.05, 0.1) is 28.0 Å². The van der Waals surface area contributed by atoms with E-state index in [0.717, 1.165) is 41.9 Å². The summed E-state index contributed by atoms with van der Waals surface area (Å²) in [6.07, 6.45) is 1.85. The number of pyridine rings is 2. The first-order valence-electron chi connectivity index (χ1n) is 8.28. The van der Waals surface area contributed by atoms with Crippen LogP contribution < -0.4 is 15.8 Å². The molecule has 0 bridgehead atoms. The molecule has 4 rings (SSSR count). The Morgan fingerprint density at radius 1 is 1.33 bits per heavy atom. The van der Waals surface area contributed by atoms with Crippen molar-refractivity contribution in [1.82, 2.24) is 14.5 Å². The molecule has 1 N–H and O–H groups in total. The SMILES string of the molecule is Cc1ncc2c3c(c(=O)n(C)c2c1Cl)NCC1CN(C)C(C)CN31. The molecule has 2 unspecified atom stereocenters. The van der Waals surface area contributed by atoms with Crippen molar-refractivity contribution in [3.63, 3.8) is 0 Å². The lowest BCUT2D eigenvalue weighted by atomic mass is 10.0. The van der Waals surface area contributed by atoms with Crippen LogP contribution in [-0.4, -0.2) is 53.2 Å². The number of likely N-dealkylation sites (N-methyl/N-ethyl adjacent to an activating group) is 1. The topological polar surface area (TPSA) is 53.4 Å². The van der Waals surface area contributed by atoms with E-state index in [1.165, 1.54) is 0 Å². The molecular weight excluding hydrogens is 326 g/mol. The number of halogens is 1. The fraction of sp³-hybridized carbons (Fsp3) is 0.529. The van der Waals surface area contributed by atoms with Gasteiger partial charge in [-0.3, -0.25) is 14.7 Å². The summed E-state index contributed by atoms with van der Waals surface area (Å²) in [4.78, 5) is 22.1. The van der Waals surface area contributed by atoms with Crippen LogP contribution in [0.3, 0.4) is 0 Å². The average molecular weight is 348 g/mol. The summed E-state index contributed by atoms with van der Waals surface area (Å²) in [6.45, 7) is 6.72. The summed E-state index contributed by atoms with van der Waals surface area (Å²) in [5.41, 5.74) is 3.10. The van der Waals surface area contributed by atoms with Gasteiger partial charge in [-0.25, -0.2) is 0 Å². The number of hydrogen-bond acceptors (Lipinski definition) is 5. The van der Waals surface area contributed by atoms with Crippen LogP contribution in [0.15, 0.2) is 11.0 Å². The van der Waals surface area contributed by atoms with Crippen molar-refractivity contribution < 1.29 is 0 Å². The van der Waals surface area contributed by atoms with Crippen LogP contribution in [-0.2, 0) is 7.05 Å². The van der Waals surface area contributed by atoms with Crippen molar-refractivity contribution in [3.05, 3.63) is 27.3 Å². The summed E-state index contributed by atoms with van der Waals surface area (Å²) in [6, 6.07) is 0.772. The second-order valence-electron chi connectivity index (χ2n) is 6.98. The van der Waals surface area contributed by atoms with E-state index in [9.17, 15) is 4.79 Å². The van der Waals surface area contributed by atoms with E-state index in [0.29, 0.717) is 22.8 Å². The Bertz CT molecular complexity index is 893. The molecule has 0 saturated carbocycles. The van der Waals surface area contributed by atoms with Crippen LogP contribution in [0.1, 0.15) is 12.6 Å². The number of nitrogens with one attached hydrogen (secondary N) is 1. The number of aryl methyl sites for hydroxylation is 2. The highest BCUT2D eigenvalue weighted by molar-refractivity contribution is 6.36. The monoisotopic (exact) mass is 347 g/mol. The van der Waals surface area contributed by atoms with Crippen molar-refractivity contribution in [1.29, 1.82) is 0 Å². The van der Waals surface area contributed by atoms with E-state index in [2.05, 4.69) is 34.1 Å². The molecule has 2 atom stereocenters. The third-order valence-corrected chi connectivity index (χ3v) is 5.92. The van der Waals surface area contributed by atoms with Crippen molar-refractivity contribution in [2.75, 3.05) is 36.9 Å². The maximum atomic E-state index is 12.9. The van der Waals surface area contributed by atoms with E-state index in [4.69, 9.17) is 11.6 Å². The van der Waals surface area contributed by atoms with Crippen LogP contribution in [0.2, 0.25) is 5.02 Å². The first-order valence-corrected chi connectivity index (χ1v) is 8.66. The number of hydrogen-bond donors (Lipinski definition) is 1. The molecule has 0 radical (unpaired) electrons. The summed E-state index contributed by atoms with van der Waals surface area (Å²) >= 11 is 6.50. The number of nitrogens with zero attached hydrogens (tertiary/aromatic N) is 4. The largest absolute Gasteiger partial charge is 0.377 e. The minimum Gasteiger partial charge on any atom is -0.377 e. The van der Waals surface area contributed by atoms with Crippen LogP contribution >= 0.6 is 11.6 Å². The second-order valence-corrected chi connectivity index (χ2v) is 7.36. The number of fused-ring (bicyclic) bond motifs is 5. The highest BCUT2D eigenvalue weighted by Gasteiger charge is 2.36. The third kappa shape index (κ3) is 2.06. The fourth-order valence-corrected chi connectivity index (χ4v) is 4.16. The second kappa shape index (κ2) is 5.36. The number of piperazine rings is 1. The standard InChI is InChI=1S/C17H22ClN5O/c1-9-7-23-11(8-21(9)3)5-20-14-16(23)12-6-19-10(2)13(18)15(12)22(4)17(14)24/h6,9,11,20H,5,7-8H2,1-4H3. The van der Waals surface area contributed by atoms with Gasteiger partial charge in [0.25, 0.3) is 5.56 Å². The van der Waals surface area contributed by atoms with Crippen molar-refractivity contribution >= 4 is 33.9 Å². The van der Waals surface area contributed by atoms with E-state index >= 15 is 0 Å². The molecule has 0 spiro atoms. The Morgan fingerprint density at radius 3 is 2.83 bits per heavy atom. The molecule has 1 saturated heterocycles. The van der Waals surface area contributed by atoms with Gasteiger partial charge >= 0.3 is 0 Å². The molecule has 6 nitrogen and oxygen atoms in total. The van der Waals surface area contributed by atoms with Gasteiger partial charge in [0, 0.05) is 44.3 Å². The van der Waals surface area contributed by atoms with E-state index < -0.39 is 0 Å². The molecule has 2 aromatic heterocycles. The zero-order valence-electron chi connectivity index (χ0n) is 14.4. The zero-order chi connectivity index (χ0) is 17.2.